The zero-order chi connectivity index (χ0) is 17.5. The molecule has 8 heteroatoms. The number of nitrogens with zero attached hydrogens (tertiary/aromatic N) is 1. The number of carbonyl (C=O) groups excluding carboxylic acids is 2. The molecule has 0 saturated heterocycles. The maximum atomic E-state index is 13.3. The van der Waals surface area contributed by atoms with Crippen LogP contribution in [-0.2, 0) is 15.8 Å². The first-order valence-electron chi connectivity index (χ1n) is 6.86. The summed E-state index contributed by atoms with van der Waals surface area (Å²) < 4.78 is 40.0. The van der Waals surface area contributed by atoms with Gasteiger partial charge in [0.1, 0.15) is 6.42 Å². The Morgan fingerprint density at radius 1 is 1.04 bits per heavy atom. The van der Waals surface area contributed by atoms with Gasteiger partial charge in [0.15, 0.2) is 0 Å². The molecule has 4 nitrogen and oxygen atoms in total. The lowest BCUT2D eigenvalue weighted by atomic mass is 10.1. The van der Waals surface area contributed by atoms with Crippen LogP contribution in [0.2, 0.25) is 5.02 Å². The summed E-state index contributed by atoms with van der Waals surface area (Å²) >= 11 is 5.92. The van der Waals surface area contributed by atoms with E-state index in [1.165, 1.54) is 36.4 Å². The molecule has 1 aliphatic heterocycles. The van der Waals surface area contributed by atoms with Gasteiger partial charge in [-0.05, 0) is 30.3 Å². The number of fused-ring (bicyclic) bond motifs is 1. The standard InChI is InChI=1S/C16H10ClF3N2O2/c17-9-5-6-11-13(7-9)22(15(24)8-14(23)21-11)12-4-2-1-3-10(12)16(18,19)20/h1-7H,8H2,(H,21,23). The van der Waals surface area contributed by atoms with Gasteiger partial charge in [-0.2, -0.15) is 13.2 Å². The number of para-hydroxylation sites is 1. The molecule has 124 valence electrons. The number of amides is 2. The summed E-state index contributed by atoms with van der Waals surface area (Å²) in [5.74, 6) is -1.37. The Hall–Kier alpha value is -2.54. The van der Waals surface area contributed by atoms with Gasteiger partial charge in [0, 0.05) is 5.02 Å². The van der Waals surface area contributed by atoms with Crippen LogP contribution < -0.4 is 10.2 Å². The van der Waals surface area contributed by atoms with Crippen LogP contribution in [0.1, 0.15) is 12.0 Å². The van der Waals surface area contributed by atoms with E-state index < -0.39 is 30.0 Å². The Balaban J connectivity index is 2.26. The topological polar surface area (TPSA) is 49.4 Å². The molecule has 1 aliphatic rings. The molecular weight excluding hydrogens is 345 g/mol. The van der Waals surface area contributed by atoms with Gasteiger partial charge in [-0.1, -0.05) is 23.7 Å². The molecule has 24 heavy (non-hydrogen) atoms. The molecule has 0 atom stereocenters. The van der Waals surface area contributed by atoms with Gasteiger partial charge in [-0.15, -0.1) is 0 Å². The van der Waals surface area contributed by atoms with E-state index in [0.29, 0.717) is 0 Å². The van der Waals surface area contributed by atoms with E-state index in [2.05, 4.69) is 5.32 Å². The van der Waals surface area contributed by atoms with Crippen molar-refractivity contribution in [1.29, 1.82) is 0 Å². The number of halogens is 4. The van der Waals surface area contributed by atoms with Crippen LogP contribution in [0.4, 0.5) is 30.2 Å². The zero-order valence-electron chi connectivity index (χ0n) is 12.0. The first-order chi connectivity index (χ1) is 11.3. The van der Waals surface area contributed by atoms with Crippen molar-refractivity contribution in [2.24, 2.45) is 0 Å². The molecular formula is C16H10ClF3N2O2. The van der Waals surface area contributed by atoms with Crippen molar-refractivity contribution in [3.63, 3.8) is 0 Å². The number of hydrogen-bond acceptors (Lipinski definition) is 2. The molecule has 0 saturated carbocycles. The van der Waals surface area contributed by atoms with Crippen molar-refractivity contribution in [2.45, 2.75) is 12.6 Å². The third kappa shape index (κ3) is 2.94. The quantitative estimate of drug-likeness (QED) is 0.773. The minimum Gasteiger partial charge on any atom is -0.324 e. The summed E-state index contributed by atoms with van der Waals surface area (Å²) in [5, 5.41) is 2.73. The molecule has 2 aromatic carbocycles. The predicted molar refractivity (Wildman–Crippen MR) is 83.3 cm³/mol. The third-order valence-electron chi connectivity index (χ3n) is 3.49. The van der Waals surface area contributed by atoms with Gasteiger partial charge in [0.25, 0.3) is 0 Å². The molecule has 1 N–H and O–H groups in total. The fourth-order valence-electron chi connectivity index (χ4n) is 2.51. The van der Waals surface area contributed by atoms with Gasteiger partial charge in [0.05, 0.1) is 22.6 Å². The fourth-order valence-corrected chi connectivity index (χ4v) is 2.68. The lowest BCUT2D eigenvalue weighted by molar-refractivity contribution is -0.137. The highest BCUT2D eigenvalue weighted by Gasteiger charge is 2.38. The highest BCUT2D eigenvalue weighted by atomic mass is 35.5. The number of anilines is 3. The number of hydrogen-bond donors (Lipinski definition) is 1. The van der Waals surface area contributed by atoms with Gasteiger partial charge >= 0.3 is 6.18 Å². The van der Waals surface area contributed by atoms with Gasteiger partial charge in [0.2, 0.25) is 11.8 Å². The van der Waals surface area contributed by atoms with E-state index in [-0.39, 0.29) is 22.1 Å². The predicted octanol–water partition coefficient (Wildman–Crippen LogP) is 4.37. The second kappa shape index (κ2) is 5.83. The molecule has 0 unspecified atom stereocenters. The van der Waals surface area contributed by atoms with Crippen molar-refractivity contribution < 1.29 is 22.8 Å². The van der Waals surface area contributed by atoms with Crippen LogP contribution in [0.15, 0.2) is 42.5 Å². The summed E-state index contributed by atoms with van der Waals surface area (Å²) in [6, 6.07) is 8.95. The van der Waals surface area contributed by atoms with Gasteiger partial charge in [-0.3, -0.25) is 14.5 Å². The molecule has 1 heterocycles. The second-order valence-corrected chi connectivity index (χ2v) is 5.57. The van der Waals surface area contributed by atoms with Crippen LogP contribution in [0.3, 0.4) is 0 Å². The Kier molecular flexibility index (Phi) is 3.96. The number of rotatable bonds is 1. The van der Waals surface area contributed by atoms with Crippen LogP contribution in [-0.4, -0.2) is 11.8 Å². The van der Waals surface area contributed by atoms with E-state index >= 15 is 0 Å². The highest BCUT2D eigenvalue weighted by Crippen LogP contribution is 2.42. The van der Waals surface area contributed by atoms with Gasteiger partial charge < -0.3 is 5.32 Å². The molecule has 3 rings (SSSR count). The van der Waals surface area contributed by atoms with Crippen LogP contribution in [0.5, 0.6) is 0 Å². The summed E-state index contributed by atoms with van der Waals surface area (Å²) in [4.78, 5) is 25.1. The first-order valence-corrected chi connectivity index (χ1v) is 7.24. The normalized spacial score (nSPS) is 14.9. The number of carbonyl (C=O) groups is 2. The average molecular weight is 355 g/mol. The maximum absolute atomic E-state index is 13.3. The molecule has 2 aromatic rings. The number of benzene rings is 2. The van der Waals surface area contributed by atoms with Crippen molar-refractivity contribution in [1.82, 2.24) is 0 Å². The van der Waals surface area contributed by atoms with E-state index in [4.69, 9.17) is 11.6 Å². The highest BCUT2D eigenvalue weighted by molar-refractivity contribution is 6.31. The lowest BCUT2D eigenvalue weighted by Gasteiger charge is -2.25. The van der Waals surface area contributed by atoms with Crippen molar-refractivity contribution in [2.75, 3.05) is 10.2 Å². The van der Waals surface area contributed by atoms with Crippen LogP contribution >= 0.6 is 11.6 Å². The van der Waals surface area contributed by atoms with Crippen molar-refractivity contribution in [3.05, 3.63) is 53.1 Å². The smallest absolute Gasteiger partial charge is 0.324 e. The molecule has 0 bridgehead atoms. The van der Waals surface area contributed by atoms with Crippen LogP contribution in [0.25, 0.3) is 0 Å². The number of nitrogens with one attached hydrogen (secondary N) is 1. The Bertz CT molecular complexity index is 836. The Morgan fingerprint density at radius 2 is 1.75 bits per heavy atom. The SMILES string of the molecule is O=C1CC(=O)N(c2ccccc2C(F)(F)F)c2cc(Cl)ccc2N1. The largest absolute Gasteiger partial charge is 0.418 e. The van der Waals surface area contributed by atoms with Crippen LogP contribution in [0, 0.1) is 0 Å². The van der Waals surface area contributed by atoms with Gasteiger partial charge in [-0.25, -0.2) is 0 Å². The summed E-state index contributed by atoms with van der Waals surface area (Å²) in [5.41, 5.74) is -1.02. The lowest BCUT2D eigenvalue weighted by Crippen LogP contribution is -2.28. The summed E-state index contributed by atoms with van der Waals surface area (Å²) in [6.07, 6.45) is -5.22. The first kappa shape index (κ1) is 16.3. The van der Waals surface area contributed by atoms with E-state index in [1.54, 1.807) is 0 Å². The second-order valence-electron chi connectivity index (χ2n) is 5.13. The molecule has 0 fully saturated rings. The van der Waals surface area contributed by atoms with E-state index in [9.17, 15) is 22.8 Å². The van der Waals surface area contributed by atoms with E-state index in [1.807, 2.05) is 0 Å². The Labute approximate surface area is 139 Å². The van der Waals surface area contributed by atoms with Crippen molar-refractivity contribution >= 4 is 40.5 Å². The molecule has 0 spiro atoms. The maximum Gasteiger partial charge on any atom is 0.418 e. The zero-order valence-corrected chi connectivity index (χ0v) is 12.8. The summed E-state index contributed by atoms with van der Waals surface area (Å²) in [6.45, 7) is 0. The minimum absolute atomic E-state index is 0.0926. The fraction of sp³-hybridized carbons (Fsp3) is 0.125. The monoisotopic (exact) mass is 354 g/mol. The third-order valence-corrected chi connectivity index (χ3v) is 3.72. The average Bonchev–Trinajstić information content (AvgIpc) is 2.61. The van der Waals surface area contributed by atoms with E-state index in [0.717, 1.165) is 11.0 Å². The number of alkyl halides is 3. The van der Waals surface area contributed by atoms with Crippen molar-refractivity contribution in [3.8, 4) is 0 Å². The molecule has 0 aromatic heterocycles. The summed E-state index contributed by atoms with van der Waals surface area (Å²) in [7, 11) is 0. The molecule has 0 radical (unpaired) electrons. The molecule has 0 aliphatic carbocycles. The Morgan fingerprint density at radius 3 is 2.46 bits per heavy atom. The minimum atomic E-state index is -4.65. The molecule has 2 amide bonds.